The molecule has 1 amide bonds. The first-order valence-electron chi connectivity index (χ1n) is 8.32. The Hall–Kier alpha value is -2.20. The molecule has 11 heteroatoms. The van der Waals surface area contributed by atoms with Crippen molar-refractivity contribution >= 4 is 29.4 Å². The molecule has 156 valence electrons. The number of rotatable bonds is 4. The number of nitrogens with one attached hydrogen (secondary N) is 1. The van der Waals surface area contributed by atoms with Crippen molar-refractivity contribution in [1.29, 1.82) is 0 Å². The van der Waals surface area contributed by atoms with Crippen LogP contribution in [-0.4, -0.2) is 46.8 Å². The number of nitrogens with zero attached hydrogens (tertiary/aromatic N) is 1. The predicted octanol–water partition coefficient (Wildman–Crippen LogP) is 3.35. The summed E-state index contributed by atoms with van der Waals surface area (Å²) in [6, 6.07) is 0.216. The van der Waals surface area contributed by atoms with Crippen LogP contribution in [0.2, 0.25) is 5.02 Å². The normalized spacial score (nSPS) is 15.8. The van der Waals surface area contributed by atoms with Crippen molar-refractivity contribution in [3.8, 4) is 0 Å². The molecule has 7 nitrogen and oxygen atoms in total. The number of alkyl carbamates (subject to hydrolysis) is 1. The summed E-state index contributed by atoms with van der Waals surface area (Å²) in [7, 11) is 0. The Morgan fingerprint density at radius 1 is 1.36 bits per heavy atom. The number of carboxylic acid groups (broad SMARTS) is 1. The Balaban J connectivity index is 2.12. The lowest BCUT2D eigenvalue weighted by molar-refractivity contribution is -0.138. The van der Waals surface area contributed by atoms with Crippen molar-refractivity contribution in [2.24, 2.45) is 0 Å². The van der Waals surface area contributed by atoms with Crippen LogP contribution >= 0.6 is 11.6 Å². The minimum Gasteiger partial charge on any atom is -0.478 e. The molecule has 1 fully saturated rings. The number of hydrogen-bond acceptors (Lipinski definition) is 5. The summed E-state index contributed by atoms with van der Waals surface area (Å²) in [5, 5.41) is 11.2. The molecule has 2 rings (SSSR count). The van der Waals surface area contributed by atoms with Crippen LogP contribution in [0.5, 0.6) is 0 Å². The van der Waals surface area contributed by atoms with Crippen LogP contribution in [0.1, 0.15) is 42.3 Å². The Labute approximate surface area is 164 Å². The molecule has 0 unspecified atom stereocenters. The van der Waals surface area contributed by atoms with Gasteiger partial charge in [0.1, 0.15) is 5.60 Å². The zero-order chi connectivity index (χ0) is 21.4. The molecule has 0 radical (unpaired) electrons. The van der Waals surface area contributed by atoms with Gasteiger partial charge in [-0.3, -0.25) is 4.90 Å². The monoisotopic (exact) mass is 423 g/mol. The second-order valence-corrected chi connectivity index (χ2v) is 7.90. The van der Waals surface area contributed by atoms with Crippen molar-refractivity contribution in [3.63, 3.8) is 0 Å². The van der Waals surface area contributed by atoms with Crippen LogP contribution < -0.4 is 11.1 Å². The van der Waals surface area contributed by atoms with Crippen LogP contribution in [0.3, 0.4) is 0 Å². The van der Waals surface area contributed by atoms with Gasteiger partial charge < -0.3 is 20.9 Å². The number of alkyl halides is 3. The minimum absolute atomic E-state index is 0.190. The van der Waals surface area contributed by atoms with E-state index in [1.165, 1.54) is 0 Å². The highest BCUT2D eigenvalue weighted by atomic mass is 35.5. The maximum Gasteiger partial charge on any atom is 0.416 e. The molecule has 1 aromatic rings. The number of carbonyl (C=O) groups excluding carboxylic acids is 1. The lowest BCUT2D eigenvalue weighted by Gasteiger charge is -2.40. The molecule has 0 aromatic heterocycles. The fourth-order valence-corrected chi connectivity index (χ4v) is 3.04. The van der Waals surface area contributed by atoms with E-state index < -0.39 is 45.7 Å². The molecular weight excluding hydrogens is 403 g/mol. The minimum atomic E-state index is -4.80. The molecule has 1 aliphatic heterocycles. The standard InChI is InChI=1S/C17H21ClF3N3O4/c1-16(2,3)28-15(27)23-8-5-24(6-8)7-10-11(17(19,20)21)4-9(14(25)26)13(22)12(10)18/h4,8H,5-7,22H2,1-3H3,(H,23,27)(H,25,26). The van der Waals surface area contributed by atoms with E-state index in [1.54, 1.807) is 25.7 Å². The maximum absolute atomic E-state index is 13.4. The fourth-order valence-electron chi connectivity index (χ4n) is 2.78. The summed E-state index contributed by atoms with van der Waals surface area (Å²) in [6.07, 6.45) is -5.41. The first-order chi connectivity index (χ1) is 12.7. The number of nitrogens with two attached hydrogens (primary N) is 1. The summed E-state index contributed by atoms with van der Waals surface area (Å²) in [5.41, 5.74) is 2.39. The van der Waals surface area contributed by atoms with Gasteiger partial charge in [-0.15, -0.1) is 0 Å². The third kappa shape index (κ3) is 5.20. The van der Waals surface area contributed by atoms with E-state index in [0.29, 0.717) is 6.07 Å². The Bertz CT molecular complexity index is 787. The van der Waals surface area contributed by atoms with Crippen molar-refractivity contribution in [1.82, 2.24) is 10.2 Å². The molecule has 1 aromatic carbocycles. The van der Waals surface area contributed by atoms with Gasteiger partial charge in [0.25, 0.3) is 0 Å². The van der Waals surface area contributed by atoms with E-state index in [2.05, 4.69) is 5.32 Å². The number of aromatic carboxylic acids is 1. The summed E-state index contributed by atoms with van der Waals surface area (Å²) in [6.45, 7) is 5.52. The third-order valence-corrected chi connectivity index (χ3v) is 4.43. The number of nitrogen functional groups attached to an aromatic ring is 1. The van der Waals surface area contributed by atoms with Gasteiger partial charge in [0.2, 0.25) is 0 Å². The lowest BCUT2D eigenvalue weighted by Crippen LogP contribution is -2.59. The number of ether oxygens (including phenoxy) is 1. The van der Waals surface area contributed by atoms with E-state index in [1.807, 2.05) is 0 Å². The van der Waals surface area contributed by atoms with Crippen molar-refractivity contribution in [3.05, 3.63) is 27.8 Å². The number of amides is 1. The third-order valence-electron chi connectivity index (χ3n) is 4.00. The maximum atomic E-state index is 13.4. The summed E-state index contributed by atoms with van der Waals surface area (Å²) in [5.74, 6) is -1.60. The number of benzene rings is 1. The smallest absolute Gasteiger partial charge is 0.416 e. The van der Waals surface area contributed by atoms with Gasteiger partial charge in [-0.05, 0) is 32.4 Å². The molecule has 1 saturated heterocycles. The molecular formula is C17H21ClF3N3O4. The second-order valence-electron chi connectivity index (χ2n) is 7.52. The Kier molecular flexibility index (Phi) is 6.05. The van der Waals surface area contributed by atoms with Crippen LogP contribution in [0.25, 0.3) is 0 Å². The largest absolute Gasteiger partial charge is 0.478 e. The van der Waals surface area contributed by atoms with Crippen LogP contribution in [-0.2, 0) is 17.5 Å². The highest BCUT2D eigenvalue weighted by molar-refractivity contribution is 6.34. The Morgan fingerprint density at radius 2 is 1.93 bits per heavy atom. The van der Waals surface area contributed by atoms with Crippen molar-refractivity contribution in [2.75, 3.05) is 18.8 Å². The van der Waals surface area contributed by atoms with Gasteiger partial charge in [0.15, 0.2) is 0 Å². The Morgan fingerprint density at radius 3 is 2.39 bits per heavy atom. The van der Waals surface area contributed by atoms with E-state index in [-0.39, 0.29) is 31.2 Å². The first kappa shape index (κ1) is 22.1. The molecule has 0 saturated carbocycles. The van der Waals surface area contributed by atoms with Gasteiger partial charge in [-0.1, -0.05) is 11.6 Å². The molecule has 0 aliphatic carbocycles. The average molecular weight is 424 g/mol. The molecule has 1 aliphatic rings. The molecule has 28 heavy (non-hydrogen) atoms. The molecule has 4 N–H and O–H groups in total. The molecule has 0 spiro atoms. The lowest BCUT2D eigenvalue weighted by atomic mass is 9.99. The van der Waals surface area contributed by atoms with E-state index >= 15 is 0 Å². The molecule has 0 atom stereocenters. The van der Waals surface area contributed by atoms with Gasteiger partial charge in [0, 0.05) is 19.6 Å². The van der Waals surface area contributed by atoms with Gasteiger partial charge >= 0.3 is 18.2 Å². The second kappa shape index (κ2) is 7.67. The van der Waals surface area contributed by atoms with E-state index in [4.69, 9.17) is 27.2 Å². The van der Waals surface area contributed by atoms with Crippen LogP contribution in [0, 0.1) is 0 Å². The topological polar surface area (TPSA) is 105 Å². The summed E-state index contributed by atoms with van der Waals surface area (Å²) >= 11 is 5.97. The highest BCUT2D eigenvalue weighted by Crippen LogP contribution is 2.40. The quantitative estimate of drug-likeness (QED) is 0.641. The summed E-state index contributed by atoms with van der Waals surface area (Å²) in [4.78, 5) is 24.5. The van der Waals surface area contributed by atoms with Crippen molar-refractivity contribution < 1.29 is 32.6 Å². The van der Waals surface area contributed by atoms with Crippen LogP contribution in [0.4, 0.5) is 23.7 Å². The van der Waals surface area contributed by atoms with E-state index in [9.17, 15) is 22.8 Å². The summed E-state index contributed by atoms with van der Waals surface area (Å²) < 4.78 is 45.3. The number of halogens is 4. The zero-order valence-electron chi connectivity index (χ0n) is 15.5. The first-order valence-corrected chi connectivity index (χ1v) is 8.70. The number of carbonyl (C=O) groups is 2. The predicted molar refractivity (Wildman–Crippen MR) is 96.3 cm³/mol. The zero-order valence-corrected chi connectivity index (χ0v) is 16.2. The molecule has 0 bridgehead atoms. The average Bonchev–Trinajstić information content (AvgIpc) is 2.45. The van der Waals surface area contributed by atoms with Crippen LogP contribution in [0.15, 0.2) is 6.07 Å². The number of anilines is 1. The number of carboxylic acids is 1. The number of hydrogen-bond donors (Lipinski definition) is 3. The SMILES string of the molecule is CC(C)(C)OC(=O)NC1CN(Cc2c(C(F)(F)F)cc(C(=O)O)c(N)c2Cl)C1. The fraction of sp³-hybridized carbons (Fsp3) is 0.529. The van der Waals surface area contributed by atoms with Gasteiger partial charge in [0.05, 0.1) is 27.9 Å². The van der Waals surface area contributed by atoms with Gasteiger partial charge in [-0.25, -0.2) is 9.59 Å². The molecule has 1 heterocycles. The number of likely N-dealkylation sites (tertiary alicyclic amines) is 1. The van der Waals surface area contributed by atoms with E-state index in [0.717, 1.165) is 0 Å². The highest BCUT2D eigenvalue weighted by Gasteiger charge is 2.38. The van der Waals surface area contributed by atoms with Crippen molar-refractivity contribution in [2.45, 2.75) is 45.1 Å². The van der Waals surface area contributed by atoms with Gasteiger partial charge in [-0.2, -0.15) is 13.2 Å².